The molecule has 1 heterocycles. The van der Waals surface area contributed by atoms with E-state index >= 15 is 0 Å². The molecule has 19 heavy (non-hydrogen) atoms. The summed E-state index contributed by atoms with van der Waals surface area (Å²) in [6.07, 6.45) is 7.77. The van der Waals surface area contributed by atoms with Crippen molar-refractivity contribution in [2.45, 2.75) is 51.9 Å². The minimum atomic E-state index is -1.16. The molecule has 106 valence electrons. The van der Waals surface area contributed by atoms with Gasteiger partial charge in [-0.25, -0.2) is 9.59 Å². The SMILES string of the molecule is CCCCCCCCc1cc(C(=O)O)c(C(=O)O)s1. The van der Waals surface area contributed by atoms with Crippen molar-refractivity contribution in [3.8, 4) is 0 Å². The largest absolute Gasteiger partial charge is 0.478 e. The van der Waals surface area contributed by atoms with E-state index in [2.05, 4.69) is 6.92 Å². The highest BCUT2D eigenvalue weighted by atomic mass is 32.1. The molecule has 0 saturated carbocycles. The molecule has 0 aliphatic heterocycles. The summed E-state index contributed by atoms with van der Waals surface area (Å²) >= 11 is 1.08. The van der Waals surface area contributed by atoms with Gasteiger partial charge in [-0.2, -0.15) is 0 Å². The number of thiophene rings is 1. The fourth-order valence-electron chi connectivity index (χ4n) is 1.96. The minimum absolute atomic E-state index is 0.0616. The van der Waals surface area contributed by atoms with E-state index < -0.39 is 11.9 Å². The fourth-order valence-corrected chi connectivity index (χ4v) is 2.99. The minimum Gasteiger partial charge on any atom is -0.478 e. The zero-order chi connectivity index (χ0) is 14.3. The van der Waals surface area contributed by atoms with E-state index in [0.29, 0.717) is 0 Å². The second kappa shape index (κ2) is 7.94. The van der Waals surface area contributed by atoms with Crippen LogP contribution in [-0.2, 0) is 6.42 Å². The van der Waals surface area contributed by atoms with Gasteiger partial charge in [0.25, 0.3) is 0 Å². The summed E-state index contributed by atoms with van der Waals surface area (Å²) in [4.78, 5) is 22.7. The van der Waals surface area contributed by atoms with Crippen LogP contribution in [0.25, 0.3) is 0 Å². The third-order valence-corrected chi connectivity index (χ3v) is 4.17. The van der Waals surface area contributed by atoms with E-state index in [0.717, 1.165) is 35.5 Å². The van der Waals surface area contributed by atoms with Crippen LogP contribution in [0.1, 0.15) is 70.4 Å². The Morgan fingerprint density at radius 2 is 1.68 bits per heavy atom. The van der Waals surface area contributed by atoms with Crippen molar-refractivity contribution in [2.75, 3.05) is 0 Å². The fraction of sp³-hybridized carbons (Fsp3) is 0.571. The Hall–Kier alpha value is -1.36. The second-order valence-electron chi connectivity index (χ2n) is 4.58. The molecule has 0 radical (unpaired) electrons. The molecular weight excluding hydrogens is 264 g/mol. The van der Waals surface area contributed by atoms with Crippen LogP contribution in [-0.4, -0.2) is 22.2 Å². The van der Waals surface area contributed by atoms with Gasteiger partial charge in [0.15, 0.2) is 0 Å². The Morgan fingerprint density at radius 1 is 1.05 bits per heavy atom. The van der Waals surface area contributed by atoms with Gasteiger partial charge in [0.1, 0.15) is 4.88 Å². The van der Waals surface area contributed by atoms with Crippen LogP contribution in [0.2, 0.25) is 0 Å². The topological polar surface area (TPSA) is 74.6 Å². The number of unbranched alkanes of at least 4 members (excludes halogenated alkanes) is 5. The lowest BCUT2D eigenvalue weighted by Gasteiger charge is -1.99. The molecule has 0 fully saturated rings. The van der Waals surface area contributed by atoms with E-state index in [1.54, 1.807) is 0 Å². The van der Waals surface area contributed by atoms with E-state index in [1.807, 2.05) is 0 Å². The van der Waals surface area contributed by atoms with E-state index in [9.17, 15) is 9.59 Å². The van der Waals surface area contributed by atoms with Crippen molar-refractivity contribution in [1.29, 1.82) is 0 Å². The maximum atomic E-state index is 10.9. The number of rotatable bonds is 9. The molecule has 5 heteroatoms. The third kappa shape index (κ3) is 5.03. The number of aromatic carboxylic acids is 2. The molecule has 0 saturated heterocycles. The maximum Gasteiger partial charge on any atom is 0.346 e. The van der Waals surface area contributed by atoms with Crippen molar-refractivity contribution >= 4 is 23.3 Å². The van der Waals surface area contributed by atoms with Gasteiger partial charge in [0.2, 0.25) is 0 Å². The number of hydrogen-bond donors (Lipinski definition) is 2. The highest BCUT2D eigenvalue weighted by Gasteiger charge is 2.19. The lowest BCUT2D eigenvalue weighted by molar-refractivity contribution is 0.0656. The molecule has 1 aromatic heterocycles. The highest BCUT2D eigenvalue weighted by Crippen LogP contribution is 2.24. The summed E-state index contributed by atoms with van der Waals surface area (Å²) in [7, 11) is 0. The third-order valence-electron chi connectivity index (χ3n) is 2.98. The van der Waals surface area contributed by atoms with E-state index in [1.165, 1.54) is 31.7 Å². The first kappa shape index (κ1) is 15.7. The zero-order valence-corrected chi connectivity index (χ0v) is 12.0. The molecule has 0 aromatic carbocycles. The Kier molecular flexibility index (Phi) is 6.56. The first-order chi connectivity index (χ1) is 9.06. The molecule has 1 rings (SSSR count). The van der Waals surface area contributed by atoms with Crippen molar-refractivity contribution in [3.05, 3.63) is 21.4 Å². The predicted molar refractivity (Wildman–Crippen MR) is 75.3 cm³/mol. The Balaban J connectivity index is 2.48. The van der Waals surface area contributed by atoms with Crippen molar-refractivity contribution in [1.82, 2.24) is 0 Å². The average molecular weight is 284 g/mol. The van der Waals surface area contributed by atoms with Crippen LogP contribution in [0, 0.1) is 0 Å². The molecule has 2 N–H and O–H groups in total. The first-order valence-corrected chi connectivity index (χ1v) is 7.47. The molecule has 0 aliphatic rings. The quantitative estimate of drug-likeness (QED) is 0.671. The summed E-state index contributed by atoms with van der Waals surface area (Å²) in [5, 5.41) is 17.9. The van der Waals surface area contributed by atoms with Gasteiger partial charge in [0, 0.05) is 4.88 Å². The van der Waals surface area contributed by atoms with Crippen LogP contribution in [0.15, 0.2) is 6.07 Å². The summed E-state index contributed by atoms with van der Waals surface area (Å²) in [5.41, 5.74) is -0.0847. The van der Waals surface area contributed by atoms with Crippen LogP contribution in [0.4, 0.5) is 0 Å². The first-order valence-electron chi connectivity index (χ1n) is 6.65. The molecule has 1 aromatic rings. The Labute approximate surface area is 117 Å². The molecule has 0 amide bonds. The summed E-state index contributed by atoms with van der Waals surface area (Å²) in [6.45, 7) is 2.17. The number of carboxylic acid groups (broad SMARTS) is 2. The number of aryl methyl sites for hydroxylation is 1. The van der Waals surface area contributed by atoms with Gasteiger partial charge < -0.3 is 10.2 Å². The van der Waals surface area contributed by atoms with Gasteiger partial charge in [0.05, 0.1) is 5.56 Å². The van der Waals surface area contributed by atoms with Gasteiger partial charge in [-0.1, -0.05) is 39.0 Å². The van der Waals surface area contributed by atoms with Gasteiger partial charge in [-0.3, -0.25) is 0 Å². The van der Waals surface area contributed by atoms with Crippen LogP contribution >= 0.6 is 11.3 Å². The van der Waals surface area contributed by atoms with Crippen LogP contribution < -0.4 is 0 Å². The lowest BCUT2D eigenvalue weighted by atomic mass is 10.1. The molecule has 0 spiro atoms. The Morgan fingerprint density at radius 3 is 2.21 bits per heavy atom. The summed E-state index contributed by atoms with van der Waals surface area (Å²) in [6, 6.07) is 1.50. The molecular formula is C14H20O4S. The highest BCUT2D eigenvalue weighted by molar-refractivity contribution is 7.14. The molecule has 4 nitrogen and oxygen atoms in total. The monoisotopic (exact) mass is 284 g/mol. The smallest absolute Gasteiger partial charge is 0.346 e. The Bertz CT molecular complexity index is 405. The van der Waals surface area contributed by atoms with Gasteiger partial charge >= 0.3 is 11.9 Å². The van der Waals surface area contributed by atoms with Crippen LogP contribution in [0.5, 0.6) is 0 Å². The summed E-state index contributed by atoms with van der Waals surface area (Å²) in [5.74, 6) is -2.32. The van der Waals surface area contributed by atoms with Gasteiger partial charge in [-0.15, -0.1) is 11.3 Å². The zero-order valence-electron chi connectivity index (χ0n) is 11.1. The number of carboxylic acids is 2. The summed E-state index contributed by atoms with van der Waals surface area (Å²) < 4.78 is 0. The van der Waals surface area contributed by atoms with Crippen molar-refractivity contribution < 1.29 is 19.8 Å². The normalized spacial score (nSPS) is 10.6. The molecule has 0 unspecified atom stereocenters. The standard InChI is InChI=1S/C14H20O4S/c1-2-3-4-5-6-7-8-10-9-11(13(15)16)12(19-10)14(17)18/h9H,2-8H2,1H3,(H,15,16)(H,17,18). The second-order valence-corrected chi connectivity index (χ2v) is 5.72. The lowest BCUT2D eigenvalue weighted by Crippen LogP contribution is -2.03. The van der Waals surface area contributed by atoms with Crippen molar-refractivity contribution in [2.24, 2.45) is 0 Å². The predicted octanol–water partition coefficient (Wildman–Crippen LogP) is 4.05. The molecule has 0 bridgehead atoms. The van der Waals surface area contributed by atoms with Gasteiger partial charge in [-0.05, 0) is 18.9 Å². The van der Waals surface area contributed by atoms with Crippen molar-refractivity contribution in [3.63, 3.8) is 0 Å². The van der Waals surface area contributed by atoms with E-state index in [-0.39, 0.29) is 10.4 Å². The van der Waals surface area contributed by atoms with E-state index in [4.69, 9.17) is 10.2 Å². The van der Waals surface area contributed by atoms with Crippen LogP contribution in [0.3, 0.4) is 0 Å². The molecule has 0 atom stereocenters. The number of hydrogen-bond acceptors (Lipinski definition) is 3. The maximum absolute atomic E-state index is 10.9. The average Bonchev–Trinajstić information content (AvgIpc) is 2.78. The number of carbonyl (C=O) groups is 2. The molecule has 0 aliphatic carbocycles.